The first-order valence-electron chi connectivity index (χ1n) is 13.7. The Labute approximate surface area is 225 Å². The molecule has 9 nitrogen and oxygen atoms in total. The molecule has 3 fully saturated rings. The zero-order chi connectivity index (χ0) is 26.5. The summed E-state index contributed by atoms with van der Waals surface area (Å²) >= 11 is 0. The molecule has 3 unspecified atom stereocenters. The molecule has 2 aliphatic heterocycles. The van der Waals surface area contributed by atoms with Gasteiger partial charge in [-0.3, -0.25) is 9.59 Å². The van der Waals surface area contributed by atoms with E-state index in [9.17, 15) is 18.0 Å². The van der Waals surface area contributed by atoms with Crippen LogP contribution in [0.2, 0.25) is 0 Å². The lowest BCUT2D eigenvalue weighted by molar-refractivity contribution is -0.135. The van der Waals surface area contributed by atoms with Crippen LogP contribution in [0.4, 0.5) is 5.82 Å². The lowest BCUT2D eigenvalue weighted by Gasteiger charge is -2.36. The number of hydrogen-bond donors (Lipinski definition) is 1. The van der Waals surface area contributed by atoms with Crippen LogP contribution in [-0.2, 0) is 19.6 Å². The summed E-state index contributed by atoms with van der Waals surface area (Å²) in [5, 5.41) is 3.03. The van der Waals surface area contributed by atoms with Crippen molar-refractivity contribution in [3.05, 3.63) is 54.7 Å². The first kappa shape index (κ1) is 26.6. The Morgan fingerprint density at radius 2 is 1.61 bits per heavy atom. The molecule has 1 saturated carbocycles. The molecular weight excluding hydrogens is 502 g/mol. The zero-order valence-corrected chi connectivity index (χ0v) is 22.6. The molecule has 1 aliphatic carbocycles. The molecule has 3 atom stereocenters. The van der Waals surface area contributed by atoms with Gasteiger partial charge in [-0.05, 0) is 49.9 Å². The summed E-state index contributed by atoms with van der Waals surface area (Å²) in [6.45, 7) is 3.49. The van der Waals surface area contributed by atoms with Crippen LogP contribution in [0.5, 0.6) is 0 Å². The largest absolute Gasteiger partial charge is 0.356 e. The van der Waals surface area contributed by atoms with Gasteiger partial charge in [0.1, 0.15) is 5.82 Å². The fraction of sp³-hybridized carbons (Fsp3) is 0.536. The van der Waals surface area contributed by atoms with Crippen LogP contribution < -0.4 is 10.2 Å². The Balaban J connectivity index is 1.35. The van der Waals surface area contributed by atoms with Crippen LogP contribution in [-0.4, -0.2) is 79.7 Å². The standard InChI is InChI=1S/C28H37N5O4S/c34-27-24-20-22(28(35)32-18-16-31(17-19-32)26-12-6-8-13-29-26)21-25(24)33(15-9-2-1-7-14-30-27)38(36,37)23-10-4-3-5-11-23/h3-6,8,10-13,22,24-25H,1-2,7,9,14-21H2,(H,30,34). The van der Waals surface area contributed by atoms with Crippen molar-refractivity contribution in [2.75, 3.05) is 44.2 Å². The second-order valence-electron chi connectivity index (χ2n) is 10.5. The van der Waals surface area contributed by atoms with Gasteiger partial charge in [-0.1, -0.05) is 37.1 Å². The number of nitrogens with one attached hydrogen (secondary N) is 1. The third-order valence-electron chi connectivity index (χ3n) is 8.10. The normalized spacial score (nSPS) is 25.8. The number of pyridine rings is 1. The van der Waals surface area contributed by atoms with Gasteiger partial charge in [0.05, 0.1) is 10.8 Å². The minimum Gasteiger partial charge on any atom is -0.356 e. The maximum absolute atomic E-state index is 13.8. The van der Waals surface area contributed by atoms with Gasteiger partial charge in [0.25, 0.3) is 0 Å². The van der Waals surface area contributed by atoms with E-state index in [4.69, 9.17) is 0 Å². The number of anilines is 1. The molecule has 2 amide bonds. The second kappa shape index (κ2) is 11.8. The zero-order valence-electron chi connectivity index (χ0n) is 21.7. The maximum Gasteiger partial charge on any atom is 0.243 e. The minimum atomic E-state index is -3.82. The van der Waals surface area contributed by atoms with Gasteiger partial charge in [-0.15, -0.1) is 0 Å². The lowest BCUT2D eigenvalue weighted by atomic mass is 10.0. The number of hydrogen-bond acceptors (Lipinski definition) is 6. The molecule has 0 spiro atoms. The Morgan fingerprint density at radius 1 is 0.868 bits per heavy atom. The molecule has 3 heterocycles. The number of amides is 2. The van der Waals surface area contributed by atoms with Crippen molar-refractivity contribution in [1.29, 1.82) is 0 Å². The van der Waals surface area contributed by atoms with Crippen molar-refractivity contribution in [1.82, 2.24) is 19.5 Å². The quantitative estimate of drug-likeness (QED) is 0.641. The summed E-state index contributed by atoms with van der Waals surface area (Å²) in [6.07, 6.45) is 5.96. The number of aromatic nitrogens is 1. The van der Waals surface area contributed by atoms with Gasteiger partial charge in [-0.25, -0.2) is 13.4 Å². The lowest BCUT2D eigenvalue weighted by Crippen LogP contribution is -2.50. The number of sulfonamides is 1. The molecule has 2 aromatic rings. The highest BCUT2D eigenvalue weighted by Crippen LogP contribution is 2.39. The summed E-state index contributed by atoms with van der Waals surface area (Å²) in [5.74, 6) is -0.139. The molecule has 2 saturated heterocycles. The fourth-order valence-corrected chi connectivity index (χ4v) is 7.78. The number of carbonyl (C=O) groups excluding carboxylic acids is 2. The Hall–Kier alpha value is -2.98. The van der Waals surface area contributed by atoms with E-state index in [1.807, 2.05) is 23.1 Å². The van der Waals surface area contributed by atoms with Crippen LogP contribution in [0.25, 0.3) is 0 Å². The summed E-state index contributed by atoms with van der Waals surface area (Å²) < 4.78 is 29.2. The number of nitrogens with zero attached hydrogens (tertiary/aromatic N) is 4. The highest BCUT2D eigenvalue weighted by atomic mass is 32.2. The molecule has 204 valence electrons. The molecule has 1 N–H and O–H groups in total. The number of rotatable bonds is 4. The smallest absolute Gasteiger partial charge is 0.243 e. The SMILES string of the molecule is O=C1NCCCCCCN(S(=O)(=O)c2ccccc2)C2CC(C(=O)N3CCN(c4ccccn4)CC3)CC12. The summed E-state index contributed by atoms with van der Waals surface area (Å²) in [7, 11) is -3.82. The summed E-state index contributed by atoms with van der Waals surface area (Å²) in [5.41, 5.74) is 0. The molecule has 10 heteroatoms. The Bertz CT molecular complexity index is 1200. The Kier molecular flexibility index (Phi) is 8.28. The van der Waals surface area contributed by atoms with E-state index < -0.39 is 22.0 Å². The van der Waals surface area contributed by atoms with E-state index in [1.165, 1.54) is 4.31 Å². The summed E-state index contributed by atoms with van der Waals surface area (Å²) in [6, 6.07) is 13.7. The monoisotopic (exact) mass is 539 g/mol. The number of benzene rings is 1. The molecule has 38 heavy (non-hydrogen) atoms. The van der Waals surface area contributed by atoms with Gasteiger partial charge in [0, 0.05) is 57.4 Å². The predicted molar refractivity (Wildman–Crippen MR) is 145 cm³/mol. The summed E-state index contributed by atoms with van der Waals surface area (Å²) in [4.78, 5) is 35.7. The van der Waals surface area contributed by atoms with Gasteiger partial charge >= 0.3 is 0 Å². The first-order valence-corrected chi connectivity index (χ1v) is 15.2. The van der Waals surface area contributed by atoms with Crippen molar-refractivity contribution in [3.8, 4) is 0 Å². The van der Waals surface area contributed by atoms with Crippen LogP contribution in [0.1, 0.15) is 38.5 Å². The molecular formula is C28H37N5O4S. The van der Waals surface area contributed by atoms with Crippen LogP contribution in [0.15, 0.2) is 59.6 Å². The van der Waals surface area contributed by atoms with Crippen molar-refractivity contribution < 1.29 is 18.0 Å². The van der Waals surface area contributed by atoms with Crippen LogP contribution >= 0.6 is 0 Å². The fourth-order valence-electron chi connectivity index (χ4n) is 6.05. The number of carbonyl (C=O) groups is 2. The van der Waals surface area contributed by atoms with Gasteiger partial charge in [0.2, 0.25) is 21.8 Å². The molecule has 0 bridgehead atoms. The molecule has 1 aromatic carbocycles. The van der Waals surface area contributed by atoms with E-state index in [0.717, 1.165) is 31.5 Å². The number of fused-ring (bicyclic) bond motifs is 1. The van der Waals surface area contributed by atoms with Crippen molar-refractivity contribution >= 4 is 27.7 Å². The van der Waals surface area contributed by atoms with E-state index >= 15 is 0 Å². The Morgan fingerprint density at radius 3 is 2.34 bits per heavy atom. The number of piperazine rings is 1. The van der Waals surface area contributed by atoms with E-state index in [2.05, 4.69) is 15.2 Å². The molecule has 3 aliphatic rings. The third-order valence-corrected chi connectivity index (χ3v) is 10.0. The molecule has 0 radical (unpaired) electrons. The van der Waals surface area contributed by atoms with Gasteiger partial charge < -0.3 is 15.1 Å². The third kappa shape index (κ3) is 5.71. The predicted octanol–water partition coefficient (Wildman–Crippen LogP) is 2.51. The van der Waals surface area contributed by atoms with Crippen LogP contribution in [0.3, 0.4) is 0 Å². The molecule has 5 rings (SSSR count). The average molecular weight is 540 g/mol. The van der Waals surface area contributed by atoms with Crippen molar-refractivity contribution in [3.63, 3.8) is 0 Å². The maximum atomic E-state index is 13.8. The topological polar surface area (TPSA) is 103 Å². The van der Waals surface area contributed by atoms with Crippen LogP contribution in [0, 0.1) is 11.8 Å². The molecule has 1 aromatic heterocycles. The second-order valence-corrected chi connectivity index (χ2v) is 12.4. The average Bonchev–Trinajstić information content (AvgIpc) is 3.38. The highest BCUT2D eigenvalue weighted by Gasteiger charge is 2.48. The van der Waals surface area contributed by atoms with E-state index in [1.54, 1.807) is 36.5 Å². The minimum absolute atomic E-state index is 0.0233. The highest BCUT2D eigenvalue weighted by molar-refractivity contribution is 7.89. The first-order chi connectivity index (χ1) is 18.4. The van der Waals surface area contributed by atoms with Gasteiger partial charge in [-0.2, -0.15) is 4.31 Å². The van der Waals surface area contributed by atoms with Crippen molar-refractivity contribution in [2.24, 2.45) is 11.8 Å². The van der Waals surface area contributed by atoms with E-state index in [0.29, 0.717) is 52.1 Å². The van der Waals surface area contributed by atoms with E-state index in [-0.39, 0.29) is 22.6 Å². The van der Waals surface area contributed by atoms with Gasteiger partial charge in [0.15, 0.2) is 0 Å². The van der Waals surface area contributed by atoms with Crippen molar-refractivity contribution in [2.45, 2.75) is 49.5 Å².